The number of fused-ring (bicyclic) bond motifs is 2. The van der Waals surface area contributed by atoms with Gasteiger partial charge in [-0.3, -0.25) is 4.98 Å². The second kappa shape index (κ2) is 5.08. The Morgan fingerprint density at radius 3 is 3.00 bits per heavy atom. The van der Waals surface area contributed by atoms with Crippen molar-refractivity contribution in [3.05, 3.63) is 33.7 Å². The molecule has 0 atom stereocenters. The van der Waals surface area contributed by atoms with Crippen molar-refractivity contribution >= 4 is 32.5 Å². The molecule has 1 aromatic heterocycles. The average Bonchev–Trinajstić information content (AvgIpc) is 2.84. The molecule has 0 radical (unpaired) electrons. The minimum absolute atomic E-state index is 0.251. The van der Waals surface area contributed by atoms with Crippen LogP contribution in [0.2, 0.25) is 0 Å². The first-order chi connectivity index (χ1) is 9.20. The Balaban J connectivity index is 2.25. The highest BCUT2D eigenvalue weighted by atomic mass is 79.9. The lowest BCUT2D eigenvalue weighted by molar-refractivity contribution is 0.622. The molecule has 0 spiro atoms. The molecule has 0 amide bonds. The summed E-state index contributed by atoms with van der Waals surface area (Å²) in [4.78, 5) is 4.63. The summed E-state index contributed by atoms with van der Waals surface area (Å²) in [6.45, 7) is 3.08. The highest BCUT2D eigenvalue weighted by Crippen LogP contribution is 2.36. The van der Waals surface area contributed by atoms with Gasteiger partial charge in [0.1, 0.15) is 5.82 Å². The largest absolute Gasteiger partial charge is 0.384 e. The summed E-state index contributed by atoms with van der Waals surface area (Å²) in [7, 11) is 0. The van der Waals surface area contributed by atoms with Crippen molar-refractivity contribution < 1.29 is 4.39 Å². The first-order valence-corrected chi connectivity index (χ1v) is 7.54. The number of benzene rings is 1. The first kappa shape index (κ1) is 12.9. The smallest absolute Gasteiger partial charge is 0.139 e. The van der Waals surface area contributed by atoms with Crippen molar-refractivity contribution in [1.82, 2.24) is 4.98 Å². The summed E-state index contributed by atoms with van der Waals surface area (Å²) < 4.78 is 14.2. The Bertz CT molecular complexity index is 640. The molecule has 1 aliphatic rings. The lowest BCUT2D eigenvalue weighted by atomic mass is 10.1. The van der Waals surface area contributed by atoms with Crippen molar-refractivity contribution in [1.29, 1.82) is 0 Å². The Morgan fingerprint density at radius 1 is 1.37 bits per heavy atom. The van der Waals surface area contributed by atoms with Crippen LogP contribution < -0.4 is 5.32 Å². The van der Waals surface area contributed by atoms with Crippen LogP contribution in [0.1, 0.15) is 31.0 Å². The molecule has 1 heterocycles. The van der Waals surface area contributed by atoms with Crippen LogP contribution >= 0.6 is 15.9 Å². The van der Waals surface area contributed by atoms with Gasteiger partial charge in [0.15, 0.2) is 0 Å². The average molecular weight is 323 g/mol. The predicted octanol–water partition coefficient (Wildman–Crippen LogP) is 4.45. The Hall–Kier alpha value is -1.16. The van der Waals surface area contributed by atoms with Crippen LogP contribution in [0.3, 0.4) is 0 Å². The zero-order chi connectivity index (χ0) is 13.4. The summed E-state index contributed by atoms with van der Waals surface area (Å²) in [6.07, 6.45) is 4.28. The number of hydrogen-bond donors (Lipinski definition) is 1. The van der Waals surface area contributed by atoms with E-state index < -0.39 is 0 Å². The van der Waals surface area contributed by atoms with Gasteiger partial charge in [0.25, 0.3) is 0 Å². The third-order valence-electron chi connectivity index (χ3n) is 3.61. The van der Waals surface area contributed by atoms with E-state index in [1.54, 1.807) is 0 Å². The monoisotopic (exact) mass is 322 g/mol. The summed E-state index contributed by atoms with van der Waals surface area (Å²) in [5, 5.41) is 4.52. The number of anilines is 1. The molecule has 0 aliphatic heterocycles. The zero-order valence-electron chi connectivity index (χ0n) is 10.9. The molecule has 1 N–H and O–H groups in total. The number of rotatable bonds is 3. The summed E-state index contributed by atoms with van der Waals surface area (Å²) in [5.74, 6) is -0.251. The van der Waals surface area contributed by atoms with Gasteiger partial charge in [-0.05, 0) is 53.2 Å². The maximum absolute atomic E-state index is 13.7. The van der Waals surface area contributed by atoms with Crippen molar-refractivity contribution in [2.75, 3.05) is 11.9 Å². The van der Waals surface area contributed by atoms with Crippen LogP contribution in [-0.4, -0.2) is 11.5 Å². The van der Waals surface area contributed by atoms with Gasteiger partial charge < -0.3 is 5.32 Å². The molecule has 4 heteroatoms. The van der Waals surface area contributed by atoms with E-state index in [9.17, 15) is 4.39 Å². The number of nitrogens with one attached hydrogen (secondary N) is 1. The van der Waals surface area contributed by atoms with Crippen molar-refractivity contribution in [2.45, 2.75) is 32.6 Å². The molecular weight excluding hydrogens is 307 g/mol. The summed E-state index contributed by atoms with van der Waals surface area (Å²) >= 11 is 3.27. The van der Waals surface area contributed by atoms with Gasteiger partial charge in [0, 0.05) is 29.4 Å². The fourth-order valence-corrected chi connectivity index (χ4v) is 3.05. The number of pyridine rings is 1. The van der Waals surface area contributed by atoms with E-state index in [2.05, 4.69) is 33.2 Å². The van der Waals surface area contributed by atoms with Gasteiger partial charge in [-0.25, -0.2) is 4.39 Å². The van der Waals surface area contributed by atoms with E-state index in [1.807, 2.05) is 6.07 Å². The Morgan fingerprint density at radius 2 is 2.21 bits per heavy atom. The fraction of sp³-hybridized carbons (Fsp3) is 0.400. The van der Waals surface area contributed by atoms with Crippen LogP contribution in [0.4, 0.5) is 10.1 Å². The number of nitrogens with zero attached hydrogens (tertiary/aromatic N) is 1. The van der Waals surface area contributed by atoms with E-state index in [4.69, 9.17) is 0 Å². The topological polar surface area (TPSA) is 24.9 Å². The van der Waals surface area contributed by atoms with Gasteiger partial charge in [-0.15, -0.1) is 0 Å². The standard InChI is InChI=1S/C15H16BrFN2/c1-2-6-18-15-9-4-3-5-13(9)19-14-8-12(17)11(16)7-10(14)15/h7-8H,2-6H2,1H3,(H,18,19). The minimum Gasteiger partial charge on any atom is -0.384 e. The van der Waals surface area contributed by atoms with E-state index in [-0.39, 0.29) is 5.82 Å². The molecule has 2 aromatic rings. The van der Waals surface area contributed by atoms with Gasteiger partial charge in [0.2, 0.25) is 0 Å². The Labute approximate surface area is 120 Å². The summed E-state index contributed by atoms with van der Waals surface area (Å²) in [5.41, 5.74) is 4.35. The predicted molar refractivity (Wildman–Crippen MR) is 80.2 cm³/mol. The van der Waals surface area contributed by atoms with Crippen LogP contribution in [0.5, 0.6) is 0 Å². The Kier molecular flexibility index (Phi) is 3.44. The van der Waals surface area contributed by atoms with E-state index in [1.165, 1.54) is 11.6 Å². The van der Waals surface area contributed by atoms with Crippen molar-refractivity contribution in [3.63, 3.8) is 0 Å². The fourth-order valence-electron chi connectivity index (χ4n) is 2.71. The number of halogens is 2. The van der Waals surface area contributed by atoms with Gasteiger partial charge >= 0.3 is 0 Å². The second-order valence-corrected chi connectivity index (χ2v) is 5.83. The van der Waals surface area contributed by atoms with E-state index >= 15 is 0 Å². The molecule has 0 saturated carbocycles. The third kappa shape index (κ3) is 2.22. The number of hydrogen-bond acceptors (Lipinski definition) is 2. The molecule has 19 heavy (non-hydrogen) atoms. The lowest BCUT2D eigenvalue weighted by Crippen LogP contribution is -2.05. The first-order valence-electron chi connectivity index (χ1n) is 6.75. The third-order valence-corrected chi connectivity index (χ3v) is 4.21. The second-order valence-electron chi connectivity index (χ2n) is 4.98. The lowest BCUT2D eigenvalue weighted by Gasteiger charge is -2.14. The van der Waals surface area contributed by atoms with Crippen molar-refractivity contribution in [3.8, 4) is 0 Å². The van der Waals surface area contributed by atoms with Crippen LogP contribution in [-0.2, 0) is 12.8 Å². The maximum atomic E-state index is 13.7. The molecule has 0 unspecified atom stereocenters. The van der Waals surface area contributed by atoms with E-state index in [0.717, 1.165) is 54.5 Å². The van der Waals surface area contributed by atoms with Crippen LogP contribution in [0.25, 0.3) is 10.9 Å². The molecule has 1 aromatic carbocycles. The number of aryl methyl sites for hydroxylation is 1. The molecule has 3 rings (SSSR count). The molecule has 0 bridgehead atoms. The minimum atomic E-state index is -0.251. The van der Waals surface area contributed by atoms with Gasteiger partial charge in [-0.2, -0.15) is 0 Å². The SMILES string of the molecule is CCCNc1c2c(nc3cc(F)c(Br)cc13)CCC2. The van der Waals surface area contributed by atoms with E-state index in [0.29, 0.717) is 4.47 Å². The highest BCUT2D eigenvalue weighted by molar-refractivity contribution is 9.10. The van der Waals surface area contributed by atoms with Gasteiger partial charge in [-0.1, -0.05) is 6.92 Å². The van der Waals surface area contributed by atoms with Crippen molar-refractivity contribution in [2.24, 2.45) is 0 Å². The van der Waals surface area contributed by atoms with Crippen LogP contribution in [0, 0.1) is 5.82 Å². The molecule has 0 fully saturated rings. The van der Waals surface area contributed by atoms with Gasteiger partial charge in [0.05, 0.1) is 9.99 Å². The zero-order valence-corrected chi connectivity index (χ0v) is 12.5. The molecule has 2 nitrogen and oxygen atoms in total. The van der Waals surface area contributed by atoms with Crippen LogP contribution in [0.15, 0.2) is 16.6 Å². The molecule has 1 aliphatic carbocycles. The molecule has 0 saturated heterocycles. The highest BCUT2D eigenvalue weighted by Gasteiger charge is 2.20. The quantitative estimate of drug-likeness (QED) is 0.903. The summed E-state index contributed by atoms with van der Waals surface area (Å²) in [6, 6.07) is 3.36. The maximum Gasteiger partial charge on any atom is 0.139 e. The number of aromatic nitrogens is 1. The normalized spacial score (nSPS) is 13.8. The molecular formula is C15H16BrFN2. The molecule has 100 valence electrons.